The van der Waals surface area contributed by atoms with Gasteiger partial charge in [-0.3, -0.25) is 4.98 Å². The highest BCUT2D eigenvalue weighted by Gasteiger charge is 2.10. The molecule has 18 heavy (non-hydrogen) atoms. The van der Waals surface area contributed by atoms with Gasteiger partial charge in [0.15, 0.2) is 0 Å². The first kappa shape index (κ1) is 12.1. The second-order valence-electron chi connectivity index (χ2n) is 3.85. The average molecular weight is 242 g/mol. The highest BCUT2D eigenvalue weighted by atomic mass is 16.6. The lowest BCUT2D eigenvalue weighted by Crippen LogP contribution is -2.29. The van der Waals surface area contributed by atoms with Gasteiger partial charge in [0.05, 0.1) is 6.04 Å². The van der Waals surface area contributed by atoms with Crippen LogP contribution in [-0.4, -0.2) is 11.1 Å². The molecule has 4 heteroatoms. The van der Waals surface area contributed by atoms with Crippen molar-refractivity contribution in [3.63, 3.8) is 0 Å². The minimum Gasteiger partial charge on any atom is -0.410 e. The van der Waals surface area contributed by atoms with E-state index in [0.29, 0.717) is 5.75 Å². The number of rotatable bonds is 3. The molecule has 0 spiro atoms. The molecule has 1 aromatic carbocycles. The van der Waals surface area contributed by atoms with Crippen LogP contribution in [0.5, 0.6) is 5.75 Å². The average Bonchev–Trinajstić information content (AvgIpc) is 2.40. The fourth-order valence-electron chi connectivity index (χ4n) is 1.54. The first-order valence-electron chi connectivity index (χ1n) is 5.69. The predicted molar refractivity (Wildman–Crippen MR) is 68.3 cm³/mol. The molecule has 0 aliphatic rings. The molecule has 1 aromatic heterocycles. The number of hydrogen-bond acceptors (Lipinski definition) is 3. The number of amides is 1. The van der Waals surface area contributed by atoms with E-state index >= 15 is 0 Å². The summed E-state index contributed by atoms with van der Waals surface area (Å²) in [4.78, 5) is 15.6. The van der Waals surface area contributed by atoms with E-state index in [0.717, 1.165) is 5.56 Å². The maximum Gasteiger partial charge on any atom is 0.413 e. The molecule has 0 aliphatic carbocycles. The summed E-state index contributed by atoms with van der Waals surface area (Å²) in [5, 5.41) is 2.76. The summed E-state index contributed by atoms with van der Waals surface area (Å²) < 4.78 is 5.14. The molecule has 1 atom stereocenters. The molecule has 0 saturated carbocycles. The minimum atomic E-state index is -0.467. The topological polar surface area (TPSA) is 51.2 Å². The van der Waals surface area contributed by atoms with E-state index < -0.39 is 6.09 Å². The predicted octanol–water partition coefficient (Wildman–Crippen LogP) is 2.93. The molecular weight excluding hydrogens is 228 g/mol. The van der Waals surface area contributed by atoms with Gasteiger partial charge in [-0.2, -0.15) is 0 Å². The third-order valence-corrected chi connectivity index (χ3v) is 2.49. The van der Waals surface area contributed by atoms with Gasteiger partial charge < -0.3 is 10.1 Å². The zero-order valence-corrected chi connectivity index (χ0v) is 10.0. The molecule has 2 aromatic rings. The number of pyridine rings is 1. The van der Waals surface area contributed by atoms with Crippen molar-refractivity contribution in [1.29, 1.82) is 0 Å². The van der Waals surface area contributed by atoms with Crippen molar-refractivity contribution < 1.29 is 9.53 Å². The smallest absolute Gasteiger partial charge is 0.410 e. The fourth-order valence-corrected chi connectivity index (χ4v) is 1.54. The molecule has 0 radical (unpaired) electrons. The van der Waals surface area contributed by atoms with E-state index in [-0.39, 0.29) is 6.04 Å². The van der Waals surface area contributed by atoms with Crippen molar-refractivity contribution in [2.45, 2.75) is 13.0 Å². The highest BCUT2D eigenvalue weighted by molar-refractivity contribution is 5.70. The van der Waals surface area contributed by atoms with Gasteiger partial charge >= 0.3 is 6.09 Å². The van der Waals surface area contributed by atoms with Gasteiger partial charge in [0.2, 0.25) is 0 Å². The molecule has 1 heterocycles. The van der Waals surface area contributed by atoms with Crippen LogP contribution in [-0.2, 0) is 0 Å². The maximum atomic E-state index is 11.6. The number of para-hydroxylation sites is 1. The lowest BCUT2D eigenvalue weighted by molar-refractivity contribution is 0.197. The molecule has 1 amide bonds. The second kappa shape index (κ2) is 5.82. The molecular formula is C14H14N2O2. The summed E-state index contributed by atoms with van der Waals surface area (Å²) in [6, 6.07) is 12.5. The molecule has 2 rings (SSSR count). The Morgan fingerprint density at radius 3 is 2.50 bits per heavy atom. The van der Waals surface area contributed by atoms with Crippen LogP contribution < -0.4 is 10.1 Å². The van der Waals surface area contributed by atoms with E-state index in [1.807, 2.05) is 37.3 Å². The van der Waals surface area contributed by atoms with Crippen molar-refractivity contribution in [3.05, 3.63) is 60.4 Å². The van der Waals surface area contributed by atoms with Crippen LogP contribution in [0.4, 0.5) is 4.79 Å². The molecule has 0 unspecified atom stereocenters. The van der Waals surface area contributed by atoms with Gasteiger partial charge in [-0.15, -0.1) is 0 Å². The number of hydrogen-bond donors (Lipinski definition) is 1. The third-order valence-electron chi connectivity index (χ3n) is 2.49. The number of ether oxygens (including phenoxy) is 1. The standard InChI is InChI=1S/C14H14N2O2/c1-11(12-7-9-15-10-8-12)16-14(17)18-13-5-3-2-4-6-13/h2-11H,1H3,(H,16,17)/t11-/m1/s1. The Balaban J connectivity index is 1.92. The van der Waals surface area contributed by atoms with Crippen LogP contribution in [0.1, 0.15) is 18.5 Å². The van der Waals surface area contributed by atoms with Gasteiger partial charge in [0.1, 0.15) is 5.75 Å². The molecule has 92 valence electrons. The van der Waals surface area contributed by atoms with Crippen LogP contribution in [0.15, 0.2) is 54.9 Å². The van der Waals surface area contributed by atoms with Gasteiger partial charge in [-0.1, -0.05) is 18.2 Å². The summed E-state index contributed by atoms with van der Waals surface area (Å²) >= 11 is 0. The monoisotopic (exact) mass is 242 g/mol. The lowest BCUT2D eigenvalue weighted by Gasteiger charge is -2.13. The molecule has 0 saturated heterocycles. The first-order valence-corrected chi connectivity index (χ1v) is 5.69. The van der Waals surface area contributed by atoms with Crippen LogP contribution in [0.2, 0.25) is 0 Å². The van der Waals surface area contributed by atoms with E-state index in [9.17, 15) is 4.79 Å². The number of benzene rings is 1. The molecule has 0 bridgehead atoms. The highest BCUT2D eigenvalue weighted by Crippen LogP contribution is 2.12. The number of nitrogens with zero attached hydrogens (tertiary/aromatic N) is 1. The Hall–Kier alpha value is -2.36. The van der Waals surface area contributed by atoms with E-state index in [1.54, 1.807) is 24.5 Å². The Kier molecular flexibility index (Phi) is 3.91. The maximum absolute atomic E-state index is 11.6. The summed E-state index contributed by atoms with van der Waals surface area (Å²) in [6.45, 7) is 1.89. The SMILES string of the molecule is C[C@@H](NC(=O)Oc1ccccc1)c1ccncc1. The Labute approximate surface area is 106 Å². The lowest BCUT2D eigenvalue weighted by atomic mass is 10.1. The van der Waals surface area contributed by atoms with Gasteiger partial charge in [0.25, 0.3) is 0 Å². The summed E-state index contributed by atoms with van der Waals surface area (Å²) in [7, 11) is 0. The fraction of sp³-hybridized carbons (Fsp3) is 0.143. The third kappa shape index (κ3) is 3.31. The van der Waals surface area contributed by atoms with Crippen LogP contribution in [0, 0.1) is 0 Å². The van der Waals surface area contributed by atoms with E-state index in [1.165, 1.54) is 0 Å². The second-order valence-corrected chi connectivity index (χ2v) is 3.85. The Bertz CT molecular complexity index is 500. The Morgan fingerprint density at radius 1 is 1.17 bits per heavy atom. The molecule has 0 aliphatic heterocycles. The Morgan fingerprint density at radius 2 is 1.83 bits per heavy atom. The zero-order chi connectivity index (χ0) is 12.8. The van der Waals surface area contributed by atoms with Crippen molar-refractivity contribution in [1.82, 2.24) is 10.3 Å². The van der Waals surface area contributed by atoms with Crippen molar-refractivity contribution in [3.8, 4) is 5.75 Å². The first-order chi connectivity index (χ1) is 8.75. The zero-order valence-electron chi connectivity index (χ0n) is 10.0. The van der Waals surface area contributed by atoms with Gasteiger partial charge in [0, 0.05) is 12.4 Å². The normalized spacial score (nSPS) is 11.6. The molecule has 0 fully saturated rings. The minimum absolute atomic E-state index is 0.121. The van der Waals surface area contributed by atoms with Gasteiger partial charge in [-0.05, 0) is 36.8 Å². The number of carbonyl (C=O) groups excluding carboxylic acids is 1. The summed E-state index contributed by atoms with van der Waals surface area (Å²) in [6.07, 6.45) is 2.91. The number of aromatic nitrogens is 1. The largest absolute Gasteiger partial charge is 0.413 e. The number of nitrogens with one attached hydrogen (secondary N) is 1. The van der Waals surface area contributed by atoms with Crippen molar-refractivity contribution in [2.75, 3.05) is 0 Å². The summed E-state index contributed by atoms with van der Waals surface area (Å²) in [5.41, 5.74) is 0.981. The quantitative estimate of drug-likeness (QED) is 0.900. The summed E-state index contributed by atoms with van der Waals surface area (Å²) in [5.74, 6) is 0.525. The van der Waals surface area contributed by atoms with Crippen LogP contribution in [0.25, 0.3) is 0 Å². The molecule has 4 nitrogen and oxygen atoms in total. The van der Waals surface area contributed by atoms with Crippen molar-refractivity contribution >= 4 is 6.09 Å². The molecule has 1 N–H and O–H groups in total. The van der Waals surface area contributed by atoms with Gasteiger partial charge in [-0.25, -0.2) is 4.79 Å². The van der Waals surface area contributed by atoms with E-state index in [4.69, 9.17) is 4.74 Å². The van der Waals surface area contributed by atoms with Crippen LogP contribution >= 0.6 is 0 Å². The van der Waals surface area contributed by atoms with Crippen molar-refractivity contribution in [2.24, 2.45) is 0 Å². The number of carbonyl (C=O) groups is 1. The van der Waals surface area contributed by atoms with E-state index in [2.05, 4.69) is 10.3 Å². The van der Waals surface area contributed by atoms with Crippen LogP contribution in [0.3, 0.4) is 0 Å².